The second kappa shape index (κ2) is 5.84. The maximum Gasteiger partial charge on any atom is 0.329 e. The van der Waals surface area contributed by atoms with Crippen molar-refractivity contribution in [2.24, 2.45) is 0 Å². The fraction of sp³-hybridized carbons (Fsp3) is 0.125. The van der Waals surface area contributed by atoms with Crippen molar-refractivity contribution in [1.29, 1.82) is 0 Å². The lowest BCUT2D eigenvalue weighted by molar-refractivity contribution is -0.653. The zero-order valence-corrected chi connectivity index (χ0v) is 13.2. The number of benzene rings is 1. The van der Waals surface area contributed by atoms with Crippen molar-refractivity contribution in [3.8, 4) is 5.88 Å². The zero-order chi connectivity index (χ0) is 16.0. The number of quaternary nitrogens is 1. The van der Waals surface area contributed by atoms with Gasteiger partial charge in [-0.15, -0.1) is 10.5 Å². The number of carbonyl (C=O) groups excluding carboxylic acids is 1. The van der Waals surface area contributed by atoms with Gasteiger partial charge in [0.1, 0.15) is 11.4 Å². The van der Waals surface area contributed by atoms with Gasteiger partial charge in [-0.2, -0.15) is 5.01 Å². The van der Waals surface area contributed by atoms with Crippen LogP contribution in [0.3, 0.4) is 0 Å². The van der Waals surface area contributed by atoms with Crippen LogP contribution in [0.4, 0.5) is 17.1 Å². The SMILES string of the molecule is COc1ccc(N2[NH2+]N3C(=C(C)Nc4ccccc43)C2=O)cn1.[OH-]. The number of allylic oxidation sites excluding steroid dienone is 1. The highest BCUT2D eigenvalue weighted by atomic mass is 16.5. The van der Waals surface area contributed by atoms with Crippen molar-refractivity contribution >= 4 is 23.0 Å². The number of carbonyl (C=O) groups is 1. The van der Waals surface area contributed by atoms with E-state index in [0.29, 0.717) is 17.3 Å². The number of nitrogens with zero attached hydrogens (tertiary/aromatic N) is 3. The Bertz CT molecular complexity index is 819. The molecule has 0 saturated carbocycles. The average Bonchev–Trinajstić information content (AvgIpc) is 2.93. The predicted molar refractivity (Wildman–Crippen MR) is 87.4 cm³/mol. The number of nitrogens with two attached hydrogens (primary N) is 1. The zero-order valence-electron chi connectivity index (χ0n) is 13.2. The van der Waals surface area contributed by atoms with Gasteiger partial charge in [0.15, 0.2) is 5.70 Å². The molecule has 0 bridgehead atoms. The van der Waals surface area contributed by atoms with E-state index in [2.05, 4.69) is 10.3 Å². The van der Waals surface area contributed by atoms with Crippen LogP contribution in [-0.4, -0.2) is 23.5 Å². The van der Waals surface area contributed by atoms with E-state index >= 15 is 0 Å². The molecule has 3 heterocycles. The standard InChI is InChI=1S/C16H15N5O2.H2O/c1-10-15-16(22)20(11-7-8-14(23-2)17-9-11)19-21(15)13-6-4-3-5-12(13)18-10;/h3-9,18-19H,1-2H3;1H2. The fourth-order valence-electron chi connectivity index (χ4n) is 2.84. The molecule has 0 atom stereocenters. The summed E-state index contributed by atoms with van der Waals surface area (Å²) in [5.74, 6) is 0.428. The third-order valence-electron chi connectivity index (χ3n) is 3.94. The van der Waals surface area contributed by atoms with Crippen LogP contribution in [0.2, 0.25) is 0 Å². The Morgan fingerprint density at radius 1 is 1.17 bits per heavy atom. The fourth-order valence-corrected chi connectivity index (χ4v) is 2.84. The lowest BCUT2D eigenvalue weighted by Gasteiger charge is -2.24. The Kier molecular flexibility index (Phi) is 3.84. The summed E-state index contributed by atoms with van der Waals surface area (Å²) in [5, 5.41) is 6.79. The molecule has 2 aromatic rings. The van der Waals surface area contributed by atoms with Crippen LogP contribution in [0.25, 0.3) is 0 Å². The van der Waals surface area contributed by atoms with Crippen LogP contribution >= 0.6 is 0 Å². The first-order valence-corrected chi connectivity index (χ1v) is 7.24. The van der Waals surface area contributed by atoms with Crippen LogP contribution in [0.1, 0.15) is 6.92 Å². The van der Waals surface area contributed by atoms with E-state index in [1.807, 2.05) is 42.3 Å². The molecule has 8 nitrogen and oxygen atoms in total. The van der Waals surface area contributed by atoms with E-state index in [9.17, 15) is 4.79 Å². The van der Waals surface area contributed by atoms with Crippen LogP contribution in [0, 0.1) is 0 Å². The molecule has 0 radical (unpaired) electrons. The molecule has 1 fully saturated rings. The summed E-state index contributed by atoms with van der Waals surface area (Å²) < 4.78 is 5.06. The topological polar surface area (TPSA) is 104 Å². The maximum atomic E-state index is 12.8. The Morgan fingerprint density at radius 2 is 1.96 bits per heavy atom. The molecule has 1 amide bonds. The number of amides is 1. The molecular weight excluding hydrogens is 310 g/mol. The molecule has 1 aromatic heterocycles. The molecule has 1 saturated heterocycles. The number of fused-ring (bicyclic) bond motifs is 3. The molecule has 2 aliphatic heterocycles. The number of hydrogen-bond acceptors (Lipinski definition) is 6. The Labute approximate surface area is 138 Å². The van der Waals surface area contributed by atoms with Crippen molar-refractivity contribution in [3.63, 3.8) is 0 Å². The highest BCUT2D eigenvalue weighted by Crippen LogP contribution is 2.35. The van der Waals surface area contributed by atoms with Crippen LogP contribution in [0.15, 0.2) is 54.0 Å². The van der Waals surface area contributed by atoms with E-state index in [1.54, 1.807) is 29.9 Å². The number of methoxy groups -OCH3 is 1. The average molecular weight is 327 g/mol. The number of hydrogen-bond donors (Lipinski definition) is 2. The van der Waals surface area contributed by atoms with Gasteiger partial charge in [-0.3, -0.25) is 4.79 Å². The summed E-state index contributed by atoms with van der Waals surface area (Å²) in [5.41, 5.74) is 5.87. The largest absolute Gasteiger partial charge is 0.870 e. The minimum Gasteiger partial charge on any atom is -0.870 e. The molecule has 124 valence electrons. The van der Waals surface area contributed by atoms with E-state index in [4.69, 9.17) is 4.74 Å². The molecule has 24 heavy (non-hydrogen) atoms. The lowest BCUT2D eigenvalue weighted by atomic mass is 10.1. The van der Waals surface area contributed by atoms with Crippen molar-refractivity contribution in [3.05, 3.63) is 54.0 Å². The van der Waals surface area contributed by atoms with Crippen LogP contribution in [-0.2, 0) is 4.79 Å². The van der Waals surface area contributed by atoms with Crippen molar-refractivity contribution in [1.82, 2.24) is 4.98 Å². The Balaban J connectivity index is 0.00000169. The monoisotopic (exact) mass is 327 g/mol. The number of aromatic nitrogens is 1. The number of rotatable bonds is 2. The summed E-state index contributed by atoms with van der Waals surface area (Å²) in [4.78, 5) is 17.0. The first-order valence-electron chi connectivity index (χ1n) is 7.24. The van der Waals surface area contributed by atoms with Gasteiger partial charge < -0.3 is 15.5 Å². The second-order valence-corrected chi connectivity index (χ2v) is 5.34. The maximum absolute atomic E-state index is 12.8. The molecule has 4 rings (SSSR count). The summed E-state index contributed by atoms with van der Waals surface area (Å²) >= 11 is 0. The summed E-state index contributed by atoms with van der Waals surface area (Å²) in [6.45, 7) is 1.90. The second-order valence-electron chi connectivity index (χ2n) is 5.34. The smallest absolute Gasteiger partial charge is 0.329 e. The number of para-hydroxylation sites is 2. The minimum atomic E-state index is -0.0866. The number of pyridine rings is 1. The molecule has 1 aromatic carbocycles. The lowest BCUT2D eigenvalue weighted by Crippen LogP contribution is -2.98. The molecule has 2 aliphatic rings. The highest BCUT2D eigenvalue weighted by molar-refractivity contribution is 6.09. The van der Waals surface area contributed by atoms with Crippen LogP contribution < -0.4 is 25.6 Å². The number of anilines is 3. The van der Waals surface area contributed by atoms with Gasteiger partial charge in [0, 0.05) is 11.8 Å². The molecular formula is C16H17N5O3. The van der Waals surface area contributed by atoms with Crippen molar-refractivity contribution < 1.29 is 20.5 Å². The van der Waals surface area contributed by atoms with Crippen molar-refractivity contribution in [2.45, 2.75) is 6.92 Å². The Hall–Kier alpha value is -3.10. The van der Waals surface area contributed by atoms with Gasteiger partial charge in [0.25, 0.3) is 0 Å². The normalized spacial score (nSPS) is 15.5. The number of ether oxygens (including phenoxy) is 1. The van der Waals surface area contributed by atoms with Crippen molar-refractivity contribution in [2.75, 3.05) is 22.4 Å². The van der Waals surface area contributed by atoms with Crippen LogP contribution in [0.5, 0.6) is 5.88 Å². The molecule has 8 heteroatoms. The third kappa shape index (κ3) is 2.25. The van der Waals surface area contributed by atoms with Gasteiger partial charge >= 0.3 is 5.91 Å². The summed E-state index contributed by atoms with van der Waals surface area (Å²) in [6.07, 6.45) is 1.63. The van der Waals surface area contributed by atoms with E-state index in [1.165, 1.54) is 0 Å². The quantitative estimate of drug-likeness (QED) is 0.625. The van der Waals surface area contributed by atoms with E-state index in [-0.39, 0.29) is 11.4 Å². The summed E-state index contributed by atoms with van der Waals surface area (Å²) in [6, 6.07) is 11.4. The predicted octanol–water partition coefficient (Wildman–Crippen LogP) is 0.817. The molecule has 4 N–H and O–H groups in total. The van der Waals surface area contributed by atoms with E-state index in [0.717, 1.165) is 17.1 Å². The Morgan fingerprint density at radius 3 is 2.67 bits per heavy atom. The summed E-state index contributed by atoms with van der Waals surface area (Å²) in [7, 11) is 1.56. The van der Waals surface area contributed by atoms with Gasteiger partial charge in [-0.1, -0.05) is 12.1 Å². The number of nitrogens with one attached hydrogen (secondary N) is 1. The molecule has 0 spiro atoms. The molecule has 0 aliphatic carbocycles. The van der Waals surface area contributed by atoms with Gasteiger partial charge in [0.05, 0.1) is 19.0 Å². The highest BCUT2D eigenvalue weighted by Gasteiger charge is 2.43. The van der Waals surface area contributed by atoms with Gasteiger partial charge in [-0.05, 0) is 25.1 Å². The van der Waals surface area contributed by atoms with Gasteiger partial charge in [0.2, 0.25) is 5.88 Å². The third-order valence-corrected chi connectivity index (χ3v) is 3.94. The first-order chi connectivity index (χ1) is 11.2. The molecule has 0 unspecified atom stereocenters. The van der Waals surface area contributed by atoms with Gasteiger partial charge in [-0.25, -0.2) is 4.98 Å². The minimum absolute atomic E-state index is 0. The first kappa shape index (κ1) is 15.8. The van der Waals surface area contributed by atoms with E-state index < -0.39 is 0 Å².